The number of allylic oxidation sites excluding steroid dienone is 1. The number of benzene rings is 3. The second kappa shape index (κ2) is 15.0. The van der Waals surface area contributed by atoms with E-state index >= 15 is 0 Å². The number of hydrogen-bond acceptors (Lipinski definition) is 15. The lowest BCUT2D eigenvalue weighted by molar-refractivity contribution is -0.370. The molecule has 15 heteroatoms. The maximum atomic E-state index is 13.4. The predicted octanol–water partition coefficient (Wildman–Crippen LogP) is 2.01. The molecule has 0 fully saturated rings. The summed E-state index contributed by atoms with van der Waals surface area (Å²) in [6, 6.07) is 10.3. The van der Waals surface area contributed by atoms with Gasteiger partial charge in [0.25, 0.3) is 0 Å². The highest BCUT2D eigenvalue weighted by molar-refractivity contribution is 6.12. The number of fused-ring (bicyclic) bond motifs is 4. The van der Waals surface area contributed by atoms with E-state index in [9.17, 15) is 40.5 Å². The molecule has 0 spiro atoms. The Hall–Kier alpha value is -4.84. The van der Waals surface area contributed by atoms with Gasteiger partial charge in [0, 0.05) is 54.3 Å². The first-order valence-corrected chi connectivity index (χ1v) is 18.0. The van der Waals surface area contributed by atoms with Crippen molar-refractivity contribution in [2.75, 3.05) is 38.3 Å². The second-order valence-corrected chi connectivity index (χ2v) is 14.7. The molecule has 3 aliphatic heterocycles. The zero-order valence-electron chi connectivity index (χ0n) is 30.6. The summed E-state index contributed by atoms with van der Waals surface area (Å²) < 4.78 is 13.1. The summed E-state index contributed by atoms with van der Waals surface area (Å²) in [5.41, 5.74) is 0.0624. The minimum absolute atomic E-state index is 0.0877. The first kappa shape index (κ1) is 38.4. The Morgan fingerprint density at radius 1 is 1.11 bits per heavy atom. The highest BCUT2D eigenvalue weighted by atomic mass is 17.2. The first-order chi connectivity index (χ1) is 26.2. The molecule has 55 heavy (non-hydrogen) atoms. The maximum absolute atomic E-state index is 13.4. The van der Waals surface area contributed by atoms with Gasteiger partial charge in [0.05, 0.1) is 24.2 Å². The number of aliphatic hydroxyl groups is 5. The van der Waals surface area contributed by atoms with E-state index in [1.165, 1.54) is 36.4 Å². The van der Waals surface area contributed by atoms with Crippen molar-refractivity contribution >= 4 is 33.1 Å². The fourth-order valence-electron chi connectivity index (χ4n) is 7.50. The van der Waals surface area contributed by atoms with Crippen LogP contribution in [-0.4, -0.2) is 110 Å². The highest BCUT2D eigenvalue weighted by Gasteiger charge is 2.47. The van der Waals surface area contributed by atoms with E-state index in [1.54, 1.807) is 26.2 Å². The summed E-state index contributed by atoms with van der Waals surface area (Å²) >= 11 is 0. The van der Waals surface area contributed by atoms with Crippen LogP contribution >= 0.6 is 0 Å². The number of phenols is 2. The van der Waals surface area contributed by atoms with E-state index in [4.69, 9.17) is 18.9 Å². The number of phenolic OH excluding ortho intramolecular Hbond substituents is 2. The SMILES string of the molecule is CNCC[C@]1(C)Oc2c(cc3c(=O)cc(C)oc3c2N2C=C3C=CN=C3C2)C[C@H]1OOC[C@@](O)(Cc1ccc(O)c2ccc(O)cc12)[C@@H](O)[C@H](O)[C@H](O)CO. The van der Waals surface area contributed by atoms with Gasteiger partial charge in [-0.2, -0.15) is 0 Å². The molecule has 8 N–H and O–H groups in total. The molecule has 0 radical (unpaired) electrons. The van der Waals surface area contributed by atoms with Crippen molar-refractivity contribution in [3.8, 4) is 17.2 Å². The lowest BCUT2D eigenvalue weighted by Crippen LogP contribution is -2.58. The number of aryl methyl sites for hydroxylation is 1. The number of aliphatic imine (C=N–C) groups is 1. The van der Waals surface area contributed by atoms with E-state index in [1.807, 2.05) is 24.1 Å². The smallest absolute Gasteiger partial charge is 0.193 e. The number of aromatic hydroxyl groups is 2. The van der Waals surface area contributed by atoms with Crippen LogP contribution in [0, 0.1) is 6.92 Å². The molecule has 3 aromatic carbocycles. The largest absolute Gasteiger partial charge is 0.508 e. The van der Waals surface area contributed by atoms with Crippen molar-refractivity contribution < 1.29 is 54.7 Å². The van der Waals surface area contributed by atoms with Crippen LogP contribution < -0.4 is 20.4 Å². The average molecular weight is 760 g/mol. The Bertz CT molecular complexity index is 2270. The molecule has 4 heterocycles. The van der Waals surface area contributed by atoms with Gasteiger partial charge in [-0.3, -0.25) is 9.79 Å². The van der Waals surface area contributed by atoms with Crippen molar-refractivity contribution in [2.45, 2.75) is 68.7 Å². The summed E-state index contributed by atoms with van der Waals surface area (Å²) in [7, 11) is 1.80. The van der Waals surface area contributed by atoms with Crippen molar-refractivity contribution in [3.63, 3.8) is 0 Å². The van der Waals surface area contributed by atoms with E-state index in [0.29, 0.717) is 69.6 Å². The zero-order chi connectivity index (χ0) is 39.2. The Kier molecular flexibility index (Phi) is 10.5. The van der Waals surface area contributed by atoms with Gasteiger partial charge in [-0.25, -0.2) is 9.78 Å². The lowest BCUT2D eigenvalue weighted by atomic mass is 9.84. The van der Waals surface area contributed by atoms with Gasteiger partial charge in [-0.15, -0.1) is 0 Å². The van der Waals surface area contributed by atoms with Crippen molar-refractivity contribution in [3.05, 3.63) is 93.6 Å². The van der Waals surface area contributed by atoms with Crippen LogP contribution in [0.2, 0.25) is 0 Å². The van der Waals surface area contributed by atoms with Crippen LogP contribution in [0.15, 0.2) is 80.7 Å². The number of hydrogen-bond donors (Lipinski definition) is 8. The molecule has 0 saturated carbocycles. The molecule has 0 aliphatic carbocycles. The fraction of sp³-hybridized carbons (Fsp3) is 0.400. The van der Waals surface area contributed by atoms with Crippen molar-refractivity contribution in [1.29, 1.82) is 0 Å². The monoisotopic (exact) mass is 759 g/mol. The molecule has 7 rings (SSSR count). The number of anilines is 1. The molecule has 3 aliphatic rings. The van der Waals surface area contributed by atoms with Gasteiger partial charge in [0.2, 0.25) is 0 Å². The van der Waals surface area contributed by atoms with Crippen LogP contribution in [0.3, 0.4) is 0 Å². The Morgan fingerprint density at radius 2 is 1.91 bits per heavy atom. The number of ether oxygens (including phenoxy) is 1. The summed E-state index contributed by atoms with van der Waals surface area (Å²) in [5.74, 6) is 0.734. The summed E-state index contributed by atoms with van der Waals surface area (Å²) in [5, 5.41) is 78.7. The topological polar surface area (TPSA) is 227 Å². The number of aliphatic hydroxyl groups excluding tert-OH is 4. The van der Waals surface area contributed by atoms with Crippen molar-refractivity contribution in [2.24, 2.45) is 4.99 Å². The summed E-state index contributed by atoms with van der Waals surface area (Å²) in [6.45, 7) is 2.84. The molecule has 1 aromatic heterocycles. The quantitative estimate of drug-likeness (QED) is 0.0680. The Morgan fingerprint density at radius 3 is 2.65 bits per heavy atom. The molecule has 0 saturated heterocycles. The van der Waals surface area contributed by atoms with Crippen LogP contribution in [0.25, 0.3) is 21.7 Å². The standard InChI is InChI=1S/C40H45N3O12/c1-21-12-31(47)28-13-24-14-33(39(2,9-11-41-3)54-36(24)34(37(28)53-21)43-17-23-8-10-42-29(23)18-43)55-52-20-40(51,38(50)35(49)32(48)19-44)16-22-4-7-30(46)26-6-5-25(45)15-27(22)26/h4-8,10,12-13,15,17,32-33,35,38,41,44-46,48-51H,9,11,14,16,18-20H2,1-3H3/t32-,33-,35-,38+,39+,40+/m1/s1. The van der Waals surface area contributed by atoms with Crippen molar-refractivity contribution in [1.82, 2.24) is 5.32 Å². The summed E-state index contributed by atoms with van der Waals surface area (Å²) in [6.07, 6.45) is -0.974. The third kappa shape index (κ3) is 7.21. The van der Waals surface area contributed by atoms with Gasteiger partial charge >= 0.3 is 0 Å². The average Bonchev–Trinajstić information content (AvgIpc) is 3.77. The number of nitrogens with zero attached hydrogens (tertiary/aromatic N) is 2. The molecular weight excluding hydrogens is 714 g/mol. The maximum Gasteiger partial charge on any atom is 0.193 e. The number of rotatable bonds is 14. The zero-order valence-corrected chi connectivity index (χ0v) is 30.6. The molecule has 0 amide bonds. The van der Waals surface area contributed by atoms with Gasteiger partial charge in [0.1, 0.15) is 65.2 Å². The summed E-state index contributed by atoms with van der Waals surface area (Å²) in [4.78, 5) is 31.6. The minimum atomic E-state index is -2.36. The molecule has 15 nitrogen and oxygen atoms in total. The van der Waals surface area contributed by atoms with Crippen LogP contribution in [0.5, 0.6) is 17.2 Å². The van der Waals surface area contributed by atoms with E-state index in [0.717, 1.165) is 11.3 Å². The number of nitrogens with one attached hydrogen (secondary N) is 1. The Balaban J connectivity index is 1.23. The molecule has 4 aromatic rings. The minimum Gasteiger partial charge on any atom is -0.508 e. The van der Waals surface area contributed by atoms with Crippen LogP contribution in [-0.2, 0) is 22.6 Å². The molecule has 6 atom stereocenters. The van der Waals surface area contributed by atoms with Gasteiger partial charge < -0.3 is 55.1 Å². The third-order valence-corrected chi connectivity index (χ3v) is 10.7. The second-order valence-electron chi connectivity index (χ2n) is 14.7. The molecule has 0 unspecified atom stereocenters. The first-order valence-electron chi connectivity index (χ1n) is 18.0. The van der Waals surface area contributed by atoms with Crippen LogP contribution in [0.1, 0.15) is 30.2 Å². The van der Waals surface area contributed by atoms with E-state index in [2.05, 4.69) is 10.3 Å². The fourth-order valence-corrected chi connectivity index (χ4v) is 7.50. The molecular formula is C40H45N3O12. The Labute approximate surface area is 315 Å². The van der Waals surface area contributed by atoms with Gasteiger partial charge in [-0.05, 0) is 74.8 Å². The van der Waals surface area contributed by atoms with Gasteiger partial charge in [-0.1, -0.05) is 6.07 Å². The highest BCUT2D eigenvalue weighted by Crippen LogP contribution is 2.48. The van der Waals surface area contributed by atoms with E-state index < -0.39 is 55.3 Å². The van der Waals surface area contributed by atoms with Crippen LogP contribution in [0.4, 0.5) is 5.69 Å². The lowest BCUT2D eigenvalue weighted by Gasteiger charge is -2.43. The molecule has 0 bridgehead atoms. The molecule has 292 valence electrons. The predicted molar refractivity (Wildman–Crippen MR) is 202 cm³/mol. The van der Waals surface area contributed by atoms with E-state index in [-0.39, 0.29) is 23.3 Å². The third-order valence-electron chi connectivity index (χ3n) is 10.7. The normalized spacial score (nSPS) is 21.8. The van der Waals surface area contributed by atoms with Gasteiger partial charge in [0.15, 0.2) is 16.8 Å².